The summed E-state index contributed by atoms with van der Waals surface area (Å²) in [7, 11) is 0. The zero-order valence-electron chi connectivity index (χ0n) is 11.6. The Morgan fingerprint density at radius 1 is 0.615 bits per heavy atom. The number of nitrogens with zero attached hydrogens (tertiary/aromatic N) is 8. The summed E-state index contributed by atoms with van der Waals surface area (Å²) in [5, 5.41) is 44.3. The number of hydrogen-bond acceptors (Lipinski definition) is 12. The SMILES string of the molecule is O=[N+]([O-])N(CC(N(F)F)([N+](=O)[O-])[N+](=O)[O-])CC(N(F)F)([N+](=O)[O-])[N+](=O)[O-]. The first-order valence-corrected chi connectivity index (χ1v) is 5.38. The molecular formula is C4H4F4N8O10. The molecule has 0 heterocycles. The van der Waals surface area contributed by atoms with Gasteiger partial charge in [-0.2, -0.15) is 0 Å². The average Bonchev–Trinajstić information content (AvgIpc) is 2.44. The monoisotopic (exact) mass is 400 g/mol. The predicted octanol–water partition coefficient (Wildman–Crippen LogP) is -0.963. The quantitative estimate of drug-likeness (QED) is 0.134. The van der Waals surface area contributed by atoms with Gasteiger partial charge >= 0.3 is 11.6 Å². The highest BCUT2D eigenvalue weighted by molar-refractivity contribution is 4.68. The van der Waals surface area contributed by atoms with Crippen molar-refractivity contribution in [2.24, 2.45) is 0 Å². The largest absolute Gasteiger partial charge is 0.597 e. The van der Waals surface area contributed by atoms with Gasteiger partial charge in [0.25, 0.3) is 0 Å². The van der Waals surface area contributed by atoms with Crippen LogP contribution in [0.1, 0.15) is 0 Å². The van der Waals surface area contributed by atoms with Gasteiger partial charge in [-0.25, -0.2) is 10.1 Å². The molecule has 0 aromatic rings. The fraction of sp³-hybridized carbons (Fsp3) is 1.00. The lowest BCUT2D eigenvalue weighted by Gasteiger charge is -2.22. The van der Waals surface area contributed by atoms with Crippen molar-refractivity contribution in [2.45, 2.75) is 11.6 Å². The van der Waals surface area contributed by atoms with E-state index in [1.54, 1.807) is 0 Å². The van der Waals surface area contributed by atoms with Crippen LogP contribution in [0, 0.1) is 50.6 Å². The molecule has 0 radical (unpaired) electrons. The smallest absolute Gasteiger partial charge is 0.257 e. The molecule has 26 heavy (non-hydrogen) atoms. The second kappa shape index (κ2) is 7.55. The van der Waals surface area contributed by atoms with Crippen molar-refractivity contribution < 1.29 is 42.7 Å². The lowest BCUT2D eigenvalue weighted by Crippen LogP contribution is -2.67. The van der Waals surface area contributed by atoms with Crippen LogP contribution in [0.15, 0.2) is 0 Å². The van der Waals surface area contributed by atoms with Crippen LogP contribution in [0.4, 0.5) is 17.9 Å². The molecule has 0 rings (SSSR count). The summed E-state index contributed by atoms with van der Waals surface area (Å²) in [5.74, 6) is -9.69. The lowest BCUT2D eigenvalue weighted by molar-refractivity contribution is -0.871. The van der Waals surface area contributed by atoms with Crippen molar-refractivity contribution in [3.8, 4) is 0 Å². The fourth-order valence-electron chi connectivity index (χ4n) is 1.38. The van der Waals surface area contributed by atoms with Gasteiger partial charge in [-0.1, -0.05) is 22.9 Å². The number of halogens is 4. The first kappa shape index (κ1) is 22.4. The van der Waals surface area contributed by atoms with Crippen LogP contribution in [0.5, 0.6) is 0 Å². The van der Waals surface area contributed by atoms with E-state index < -0.39 is 65.1 Å². The van der Waals surface area contributed by atoms with Crippen LogP contribution in [0.2, 0.25) is 0 Å². The van der Waals surface area contributed by atoms with Gasteiger partial charge in [0, 0.05) is 0 Å². The zero-order valence-corrected chi connectivity index (χ0v) is 11.6. The molecule has 0 atom stereocenters. The highest BCUT2D eigenvalue weighted by Gasteiger charge is 2.73. The maximum absolute atomic E-state index is 12.7. The molecule has 22 heteroatoms. The summed E-state index contributed by atoms with van der Waals surface area (Å²) in [4.78, 5) is 43.6. The van der Waals surface area contributed by atoms with E-state index in [1.807, 2.05) is 0 Å². The third-order valence-electron chi connectivity index (χ3n) is 2.73. The highest BCUT2D eigenvalue weighted by atomic mass is 19.4. The maximum atomic E-state index is 12.7. The highest BCUT2D eigenvalue weighted by Crippen LogP contribution is 2.25. The van der Waals surface area contributed by atoms with E-state index in [4.69, 9.17) is 0 Å². The number of nitro groups is 5. The molecule has 0 aromatic carbocycles. The van der Waals surface area contributed by atoms with Crippen LogP contribution in [0.3, 0.4) is 0 Å². The van der Waals surface area contributed by atoms with Crippen LogP contribution in [-0.4, -0.2) is 65.1 Å². The Kier molecular flexibility index (Phi) is 6.52. The van der Waals surface area contributed by atoms with E-state index in [9.17, 15) is 68.5 Å². The van der Waals surface area contributed by atoms with Crippen molar-refractivity contribution in [1.29, 1.82) is 0 Å². The summed E-state index contributed by atoms with van der Waals surface area (Å²) in [6.07, 6.45) is 0. The number of hydrogen-bond donors (Lipinski definition) is 0. The minimum atomic E-state index is -4.84. The maximum Gasteiger partial charge on any atom is 0.597 e. The summed E-state index contributed by atoms with van der Waals surface area (Å²) < 4.78 is 50.7. The Morgan fingerprint density at radius 2 is 0.846 bits per heavy atom. The molecule has 148 valence electrons. The third-order valence-corrected chi connectivity index (χ3v) is 2.73. The van der Waals surface area contributed by atoms with Gasteiger partial charge in [0.1, 0.15) is 19.7 Å². The molecule has 0 amide bonds. The van der Waals surface area contributed by atoms with E-state index in [-0.39, 0.29) is 0 Å². The van der Waals surface area contributed by atoms with Crippen LogP contribution in [-0.2, 0) is 0 Å². The van der Waals surface area contributed by atoms with E-state index in [0.717, 1.165) is 0 Å². The van der Waals surface area contributed by atoms with Crippen molar-refractivity contribution in [2.75, 3.05) is 13.1 Å². The van der Waals surface area contributed by atoms with Gasteiger partial charge in [0.15, 0.2) is 15.7 Å². The molecule has 0 aliphatic rings. The summed E-state index contributed by atoms with van der Waals surface area (Å²) >= 11 is 0. The molecule has 0 aliphatic heterocycles. The molecule has 18 nitrogen and oxygen atoms in total. The Morgan fingerprint density at radius 3 is 0.962 bits per heavy atom. The molecule has 0 bridgehead atoms. The Hall–Kier alpha value is -3.56. The first-order chi connectivity index (χ1) is 11.7. The van der Waals surface area contributed by atoms with E-state index in [0.29, 0.717) is 0 Å². The van der Waals surface area contributed by atoms with Gasteiger partial charge in [-0.05, 0) is 0 Å². The van der Waals surface area contributed by atoms with Crippen LogP contribution < -0.4 is 0 Å². The lowest BCUT2D eigenvalue weighted by atomic mass is 10.3. The fourth-order valence-corrected chi connectivity index (χ4v) is 1.38. The van der Waals surface area contributed by atoms with Crippen molar-refractivity contribution >= 4 is 0 Å². The summed E-state index contributed by atoms with van der Waals surface area (Å²) in [5.41, 5.74) is 0. The summed E-state index contributed by atoms with van der Waals surface area (Å²) in [6.45, 7) is -5.35. The molecule has 0 aromatic heterocycles. The van der Waals surface area contributed by atoms with Crippen LogP contribution in [0.25, 0.3) is 0 Å². The molecule has 0 aliphatic carbocycles. The second-order valence-corrected chi connectivity index (χ2v) is 4.10. The normalized spacial score (nSPS) is 12.1. The molecule has 0 spiro atoms. The minimum Gasteiger partial charge on any atom is -0.257 e. The number of hydrazine groups is 1. The predicted molar refractivity (Wildman–Crippen MR) is 60.1 cm³/mol. The Bertz CT molecular complexity index is 554. The van der Waals surface area contributed by atoms with E-state index in [2.05, 4.69) is 0 Å². The van der Waals surface area contributed by atoms with Crippen LogP contribution >= 0.6 is 0 Å². The molecule has 0 unspecified atom stereocenters. The zero-order chi connectivity index (χ0) is 21.0. The van der Waals surface area contributed by atoms with Gasteiger partial charge in [-0.15, -0.1) is 0 Å². The molecular weight excluding hydrogens is 396 g/mol. The average molecular weight is 400 g/mol. The first-order valence-electron chi connectivity index (χ1n) is 5.38. The van der Waals surface area contributed by atoms with Crippen molar-refractivity contribution in [3.63, 3.8) is 0 Å². The Balaban J connectivity index is 6.28. The van der Waals surface area contributed by atoms with E-state index in [1.165, 1.54) is 0 Å². The van der Waals surface area contributed by atoms with Gasteiger partial charge in [0.2, 0.25) is 13.1 Å². The topological polar surface area (TPSA) is 225 Å². The molecule has 0 N–H and O–H groups in total. The van der Waals surface area contributed by atoms with Crippen molar-refractivity contribution in [1.82, 2.24) is 15.7 Å². The second-order valence-electron chi connectivity index (χ2n) is 4.10. The third kappa shape index (κ3) is 3.58. The van der Waals surface area contributed by atoms with Gasteiger partial charge < -0.3 is 0 Å². The molecule has 0 saturated carbocycles. The standard InChI is InChI=1S/C4H4F4N8O10/c5-10(6)3(12(17)18,13(19)20)1-9(16(25)26)2-4(11(7)8,14(21)22)15(23)24/h1-2H2. The van der Waals surface area contributed by atoms with Gasteiger partial charge in [0.05, 0.1) is 0 Å². The number of rotatable bonds is 11. The Labute approximate surface area is 135 Å². The van der Waals surface area contributed by atoms with Gasteiger partial charge in [-0.3, -0.25) is 40.5 Å². The minimum absolute atomic E-state index is 1.25. The summed E-state index contributed by atoms with van der Waals surface area (Å²) in [6, 6.07) is 0. The molecule has 0 saturated heterocycles. The van der Waals surface area contributed by atoms with Crippen molar-refractivity contribution in [3.05, 3.63) is 50.6 Å². The molecule has 0 fully saturated rings. The van der Waals surface area contributed by atoms with E-state index >= 15 is 0 Å².